The minimum absolute atomic E-state index is 0.220. The molecule has 0 spiro atoms. The van der Waals surface area contributed by atoms with Crippen molar-refractivity contribution in [3.63, 3.8) is 0 Å². The van der Waals surface area contributed by atoms with Crippen LogP contribution in [-0.2, 0) is 9.53 Å². The maximum absolute atomic E-state index is 12.9. The maximum Gasteiger partial charge on any atom is 0.328 e. The van der Waals surface area contributed by atoms with Gasteiger partial charge >= 0.3 is 5.97 Å². The molecule has 3 aromatic heterocycles. The number of H-pyrrole nitrogens is 1. The van der Waals surface area contributed by atoms with E-state index < -0.39 is 6.04 Å². The number of hydrogen-bond acceptors (Lipinski definition) is 6. The van der Waals surface area contributed by atoms with E-state index in [-0.39, 0.29) is 11.9 Å². The van der Waals surface area contributed by atoms with Gasteiger partial charge in [-0.15, -0.1) is 11.3 Å². The molecule has 1 saturated heterocycles. The van der Waals surface area contributed by atoms with Gasteiger partial charge in [-0.3, -0.25) is 4.79 Å². The second-order valence-electron chi connectivity index (χ2n) is 6.04. The molecule has 4 heterocycles. The molecule has 8 heteroatoms. The van der Waals surface area contributed by atoms with Crippen molar-refractivity contribution in [1.82, 2.24) is 19.9 Å². The predicted octanol–water partition coefficient (Wildman–Crippen LogP) is 2.85. The van der Waals surface area contributed by atoms with Gasteiger partial charge in [0, 0.05) is 35.3 Å². The molecular weight excluding hydrogens is 352 g/mol. The molecule has 1 aliphatic rings. The third kappa shape index (κ3) is 2.86. The minimum atomic E-state index is -0.509. The highest BCUT2D eigenvalue weighted by molar-refractivity contribution is 7.13. The van der Waals surface area contributed by atoms with Gasteiger partial charge in [0.15, 0.2) is 0 Å². The number of rotatable bonds is 4. The number of aromatic amines is 1. The molecule has 1 N–H and O–H groups in total. The van der Waals surface area contributed by atoms with Crippen molar-refractivity contribution in [2.75, 3.05) is 13.2 Å². The average Bonchev–Trinajstić information content (AvgIpc) is 3.40. The molecule has 1 aliphatic heterocycles. The van der Waals surface area contributed by atoms with Gasteiger partial charge in [-0.25, -0.2) is 14.8 Å². The van der Waals surface area contributed by atoms with Crippen molar-refractivity contribution in [3.05, 3.63) is 35.6 Å². The number of nitrogens with one attached hydrogen (secondary N) is 1. The Hall–Kier alpha value is -2.74. The van der Waals surface area contributed by atoms with Crippen LogP contribution < -0.4 is 0 Å². The Balaban J connectivity index is 1.61. The fourth-order valence-corrected chi connectivity index (χ4v) is 4.12. The van der Waals surface area contributed by atoms with Crippen molar-refractivity contribution in [2.45, 2.75) is 25.8 Å². The van der Waals surface area contributed by atoms with E-state index in [0.717, 1.165) is 28.0 Å². The summed E-state index contributed by atoms with van der Waals surface area (Å²) in [6.45, 7) is 2.63. The van der Waals surface area contributed by atoms with Gasteiger partial charge in [0.1, 0.15) is 22.4 Å². The normalized spacial score (nSPS) is 17.0. The molecule has 0 radical (unpaired) electrons. The average molecular weight is 370 g/mol. The number of hydrogen-bond donors (Lipinski definition) is 1. The topological polar surface area (TPSA) is 88.2 Å². The van der Waals surface area contributed by atoms with Crippen LogP contribution in [0.3, 0.4) is 0 Å². The van der Waals surface area contributed by atoms with Crippen LogP contribution in [0, 0.1) is 0 Å². The van der Waals surface area contributed by atoms with Crippen LogP contribution in [0.2, 0.25) is 0 Å². The van der Waals surface area contributed by atoms with E-state index in [2.05, 4.69) is 15.0 Å². The Morgan fingerprint density at radius 1 is 1.42 bits per heavy atom. The molecule has 4 rings (SSSR count). The lowest BCUT2D eigenvalue weighted by molar-refractivity contribution is -0.147. The van der Waals surface area contributed by atoms with Crippen LogP contribution in [0.5, 0.6) is 0 Å². The number of fused-ring (bicyclic) bond motifs is 1. The predicted molar refractivity (Wildman–Crippen MR) is 97.9 cm³/mol. The molecule has 0 bridgehead atoms. The number of ether oxygens (including phenoxy) is 1. The highest BCUT2D eigenvalue weighted by Crippen LogP contribution is 2.30. The van der Waals surface area contributed by atoms with Crippen molar-refractivity contribution in [1.29, 1.82) is 0 Å². The van der Waals surface area contributed by atoms with Crippen molar-refractivity contribution in [3.8, 4) is 10.6 Å². The molecule has 134 valence electrons. The Bertz CT molecular complexity index is 964. The fourth-order valence-electron chi connectivity index (χ4n) is 3.28. The van der Waals surface area contributed by atoms with Crippen LogP contribution in [0.4, 0.5) is 0 Å². The number of amides is 1. The number of carbonyl (C=O) groups excluding carboxylic acids is 2. The zero-order valence-corrected chi connectivity index (χ0v) is 15.1. The first kappa shape index (κ1) is 16.7. The number of aromatic nitrogens is 3. The summed E-state index contributed by atoms with van der Waals surface area (Å²) in [6.07, 6.45) is 4.97. The van der Waals surface area contributed by atoms with E-state index in [9.17, 15) is 9.59 Å². The zero-order chi connectivity index (χ0) is 18.1. The highest BCUT2D eigenvalue weighted by atomic mass is 32.1. The summed E-state index contributed by atoms with van der Waals surface area (Å²) in [6, 6.07) is 3.32. The molecule has 1 atom stereocenters. The Morgan fingerprint density at radius 3 is 3.15 bits per heavy atom. The number of pyridine rings is 1. The lowest BCUT2D eigenvalue weighted by Crippen LogP contribution is -2.41. The number of thiazole rings is 1. The maximum atomic E-state index is 12.9. The summed E-state index contributed by atoms with van der Waals surface area (Å²) < 4.78 is 5.09. The summed E-state index contributed by atoms with van der Waals surface area (Å²) >= 11 is 1.41. The molecule has 1 fully saturated rings. The van der Waals surface area contributed by atoms with E-state index in [4.69, 9.17) is 4.74 Å². The molecule has 3 aromatic rings. The van der Waals surface area contributed by atoms with Crippen molar-refractivity contribution in [2.24, 2.45) is 0 Å². The SMILES string of the molecule is CCOC(=O)[C@@H]1CCCN1C(=O)c1csc(-c2ccnc3[nH]ccc23)n1. The molecular formula is C18H18N4O3S. The fraction of sp³-hybridized carbons (Fsp3) is 0.333. The van der Waals surface area contributed by atoms with Gasteiger partial charge in [0.25, 0.3) is 5.91 Å². The third-order valence-electron chi connectivity index (χ3n) is 4.49. The summed E-state index contributed by atoms with van der Waals surface area (Å²) in [5, 5.41) is 3.47. The molecule has 0 aliphatic carbocycles. The van der Waals surface area contributed by atoms with Gasteiger partial charge in [-0.2, -0.15) is 0 Å². The second-order valence-corrected chi connectivity index (χ2v) is 6.90. The van der Waals surface area contributed by atoms with Crippen LogP contribution in [0.1, 0.15) is 30.3 Å². The lowest BCUT2D eigenvalue weighted by atomic mass is 10.2. The summed E-state index contributed by atoms with van der Waals surface area (Å²) in [5.74, 6) is -0.556. The lowest BCUT2D eigenvalue weighted by Gasteiger charge is -2.22. The Morgan fingerprint density at radius 2 is 2.31 bits per heavy atom. The molecule has 0 unspecified atom stereocenters. The largest absolute Gasteiger partial charge is 0.464 e. The monoisotopic (exact) mass is 370 g/mol. The van der Waals surface area contributed by atoms with Gasteiger partial charge in [0.05, 0.1) is 6.61 Å². The Labute approximate surface area is 154 Å². The first-order valence-corrected chi connectivity index (χ1v) is 9.42. The van der Waals surface area contributed by atoms with Gasteiger partial charge in [0.2, 0.25) is 0 Å². The van der Waals surface area contributed by atoms with Crippen LogP contribution in [0.15, 0.2) is 29.9 Å². The van der Waals surface area contributed by atoms with Gasteiger partial charge in [-0.1, -0.05) is 0 Å². The van der Waals surface area contributed by atoms with E-state index in [1.807, 2.05) is 18.3 Å². The standard InChI is InChI=1S/C18H18N4O3S/c1-2-25-18(24)14-4-3-9-22(14)17(23)13-10-26-16(21-13)12-6-8-20-15-11(12)5-7-19-15/h5-8,10,14H,2-4,9H2,1H3,(H,19,20)/t14-/m0/s1. The number of carbonyl (C=O) groups is 2. The second kappa shape index (κ2) is 6.87. The summed E-state index contributed by atoms with van der Waals surface area (Å²) in [7, 11) is 0. The zero-order valence-electron chi connectivity index (χ0n) is 14.3. The van der Waals surface area contributed by atoms with E-state index >= 15 is 0 Å². The van der Waals surface area contributed by atoms with Crippen LogP contribution in [0.25, 0.3) is 21.6 Å². The number of esters is 1. The Kier molecular flexibility index (Phi) is 4.42. The molecule has 1 amide bonds. The third-order valence-corrected chi connectivity index (χ3v) is 5.36. The summed E-state index contributed by atoms with van der Waals surface area (Å²) in [5.41, 5.74) is 2.08. The van der Waals surface area contributed by atoms with Crippen LogP contribution >= 0.6 is 11.3 Å². The minimum Gasteiger partial charge on any atom is -0.464 e. The number of likely N-dealkylation sites (tertiary alicyclic amines) is 1. The van der Waals surface area contributed by atoms with E-state index in [0.29, 0.717) is 25.3 Å². The van der Waals surface area contributed by atoms with Gasteiger partial charge < -0.3 is 14.6 Å². The molecule has 7 nitrogen and oxygen atoms in total. The highest BCUT2D eigenvalue weighted by Gasteiger charge is 2.36. The quantitative estimate of drug-likeness (QED) is 0.714. The summed E-state index contributed by atoms with van der Waals surface area (Å²) in [4.78, 5) is 38.4. The molecule has 0 saturated carbocycles. The van der Waals surface area contributed by atoms with E-state index in [1.54, 1.807) is 23.4 Å². The van der Waals surface area contributed by atoms with Crippen LogP contribution in [-0.4, -0.2) is 50.9 Å². The van der Waals surface area contributed by atoms with Gasteiger partial charge in [-0.05, 0) is 31.9 Å². The van der Waals surface area contributed by atoms with Crippen molar-refractivity contribution >= 4 is 34.2 Å². The smallest absolute Gasteiger partial charge is 0.328 e. The molecule has 26 heavy (non-hydrogen) atoms. The van der Waals surface area contributed by atoms with E-state index in [1.165, 1.54) is 11.3 Å². The first-order valence-electron chi connectivity index (χ1n) is 8.54. The molecule has 0 aromatic carbocycles. The number of nitrogens with zero attached hydrogens (tertiary/aromatic N) is 3. The first-order chi connectivity index (χ1) is 12.7. The van der Waals surface area contributed by atoms with Crippen molar-refractivity contribution < 1.29 is 14.3 Å².